The number of nitrogen functional groups attached to an aromatic ring is 1. The fourth-order valence-electron chi connectivity index (χ4n) is 3.14. The largest absolute Gasteiger partial charge is 0.383 e. The molecule has 8 nitrogen and oxygen atoms in total. The average Bonchev–Trinajstić information content (AvgIpc) is 2.70. The first-order valence-electron chi connectivity index (χ1n) is 10.3. The molecule has 0 spiro atoms. The zero-order valence-corrected chi connectivity index (χ0v) is 18.2. The minimum absolute atomic E-state index is 0.0188. The van der Waals surface area contributed by atoms with Crippen molar-refractivity contribution in [1.29, 1.82) is 0 Å². The lowest BCUT2D eigenvalue weighted by Gasteiger charge is -2.25. The number of methoxy groups -OCH3 is 1. The molecule has 0 bridgehead atoms. The van der Waals surface area contributed by atoms with Crippen LogP contribution in [0.2, 0.25) is 0 Å². The normalized spacial score (nSPS) is 11.1. The number of rotatable bonds is 10. The third kappa shape index (κ3) is 5.60. The summed E-state index contributed by atoms with van der Waals surface area (Å²) in [5, 5.41) is 0. The number of carbonyl (C=O) groups excluding carboxylic acids is 1. The molecule has 8 heteroatoms. The highest BCUT2D eigenvalue weighted by Crippen LogP contribution is 2.21. The highest BCUT2D eigenvalue weighted by Gasteiger charge is 2.25. The number of nitrogens with two attached hydrogens (primary N) is 1. The number of nitrogens with one attached hydrogen (secondary N) is 1. The number of H-pyrrole nitrogens is 1. The number of unbranched alkanes of at least 4 members (excludes halogenated alkanes) is 1. The van der Waals surface area contributed by atoms with Crippen molar-refractivity contribution >= 4 is 17.4 Å². The maximum Gasteiger partial charge on any atom is 0.330 e. The van der Waals surface area contributed by atoms with Crippen LogP contribution in [0.3, 0.4) is 0 Å². The van der Waals surface area contributed by atoms with Crippen LogP contribution in [0.5, 0.6) is 0 Å². The van der Waals surface area contributed by atoms with Gasteiger partial charge in [0, 0.05) is 25.8 Å². The van der Waals surface area contributed by atoms with Gasteiger partial charge in [0.1, 0.15) is 5.82 Å². The van der Waals surface area contributed by atoms with Gasteiger partial charge in [0.05, 0.1) is 6.61 Å². The van der Waals surface area contributed by atoms with Crippen molar-refractivity contribution in [3.05, 3.63) is 56.2 Å². The Labute approximate surface area is 176 Å². The quantitative estimate of drug-likeness (QED) is 0.619. The van der Waals surface area contributed by atoms with Crippen molar-refractivity contribution in [2.45, 2.75) is 53.2 Å². The first-order chi connectivity index (χ1) is 14.3. The van der Waals surface area contributed by atoms with Crippen LogP contribution in [0.15, 0.2) is 33.9 Å². The molecule has 1 aromatic carbocycles. The fourth-order valence-corrected chi connectivity index (χ4v) is 3.14. The van der Waals surface area contributed by atoms with E-state index in [2.05, 4.69) is 4.98 Å². The molecule has 0 saturated heterocycles. The van der Waals surface area contributed by atoms with Gasteiger partial charge in [0.25, 0.3) is 11.5 Å². The van der Waals surface area contributed by atoms with Crippen LogP contribution in [0.1, 0.15) is 56.0 Å². The highest BCUT2D eigenvalue weighted by atomic mass is 16.5. The van der Waals surface area contributed by atoms with Crippen molar-refractivity contribution < 1.29 is 9.53 Å². The Balaban J connectivity index is 2.52. The van der Waals surface area contributed by atoms with Gasteiger partial charge in [-0.1, -0.05) is 39.3 Å². The second-order valence-electron chi connectivity index (χ2n) is 7.77. The molecule has 0 atom stereocenters. The first-order valence-corrected chi connectivity index (χ1v) is 10.3. The summed E-state index contributed by atoms with van der Waals surface area (Å²) in [7, 11) is 1.61. The monoisotopic (exact) mass is 416 g/mol. The Morgan fingerprint density at radius 2 is 1.90 bits per heavy atom. The molecular weight excluding hydrogens is 384 g/mol. The van der Waals surface area contributed by atoms with E-state index in [1.807, 2.05) is 32.9 Å². The van der Waals surface area contributed by atoms with Crippen LogP contribution in [0, 0.1) is 5.92 Å². The Hall–Kier alpha value is -2.87. The molecule has 1 heterocycles. The van der Waals surface area contributed by atoms with E-state index in [0.29, 0.717) is 37.6 Å². The Morgan fingerprint density at radius 3 is 2.47 bits per heavy atom. The van der Waals surface area contributed by atoms with E-state index in [1.54, 1.807) is 19.2 Å². The van der Waals surface area contributed by atoms with Crippen molar-refractivity contribution in [3.8, 4) is 0 Å². The van der Waals surface area contributed by atoms with Gasteiger partial charge < -0.3 is 15.4 Å². The summed E-state index contributed by atoms with van der Waals surface area (Å²) in [6.45, 7) is 7.22. The Bertz CT molecular complexity index is 961. The van der Waals surface area contributed by atoms with E-state index in [9.17, 15) is 14.4 Å². The molecule has 0 aliphatic rings. The number of benzene rings is 1. The molecule has 0 saturated carbocycles. The molecule has 0 fully saturated rings. The minimum Gasteiger partial charge on any atom is -0.383 e. The Kier molecular flexibility index (Phi) is 8.41. The van der Waals surface area contributed by atoms with Gasteiger partial charge in [-0.05, 0) is 36.5 Å². The highest BCUT2D eigenvalue weighted by molar-refractivity contribution is 6.07. The van der Waals surface area contributed by atoms with Crippen LogP contribution in [0.4, 0.5) is 11.5 Å². The van der Waals surface area contributed by atoms with Gasteiger partial charge in [-0.3, -0.25) is 19.1 Å². The second kappa shape index (κ2) is 10.8. The standard InChI is InChI=1S/C22H32N4O4/c1-5-6-12-26-19(23)18(20(27)24-22(26)29)25(13-11-15(2)3)21(28)17-9-7-16(8-10-17)14-30-4/h7-10,15H,5-6,11-14,23H2,1-4H3,(H,24,27,29). The number of hydrogen-bond acceptors (Lipinski definition) is 5. The number of hydrogen-bond donors (Lipinski definition) is 2. The lowest BCUT2D eigenvalue weighted by atomic mass is 10.1. The zero-order valence-electron chi connectivity index (χ0n) is 18.2. The lowest BCUT2D eigenvalue weighted by Crippen LogP contribution is -2.42. The fraction of sp³-hybridized carbons (Fsp3) is 0.500. The molecule has 2 rings (SSSR count). The molecule has 0 radical (unpaired) electrons. The maximum absolute atomic E-state index is 13.3. The van der Waals surface area contributed by atoms with Crippen LogP contribution >= 0.6 is 0 Å². The van der Waals surface area contributed by atoms with E-state index in [0.717, 1.165) is 18.4 Å². The average molecular weight is 417 g/mol. The number of carbonyl (C=O) groups is 1. The summed E-state index contributed by atoms with van der Waals surface area (Å²) < 4.78 is 6.44. The number of ether oxygens (including phenoxy) is 1. The molecule has 1 aromatic heterocycles. The molecular formula is C22H32N4O4. The molecule has 1 amide bonds. The summed E-state index contributed by atoms with van der Waals surface area (Å²) in [6.07, 6.45) is 2.28. The molecule has 164 valence electrons. The SMILES string of the molecule is CCCCn1c(N)c(N(CCC(C)C)C(=O)c2ccc(COC)cc2)c(=O)[nH]c1=O. The summed E-state index contributed by atoms with van der Waals surface area (Å²) in [5.41, 5.74) is 6.43. The summed E-state index contributed by atoms with van der Waals surface area (Å²) in [4.78, 5) is 42.0. The first kappa shape index (κ1) is 23.4. The summed E-state index contributed by atoms with van der Waals surface area (Å²) >= 11 is 0. The lowest BCUT2D eigenvalue weighted by molar-refractivity contribution is 0.0985. The molecule has 30 heavy (non-hydrogen) atoms. The molecule has 2 aromatic rings. The van der Waals surface area contributed by atoms with Gasteiger partial charge in [-0.25, -0.2) is 4.79 Å². The van der Waals surface area contributed by atoms with Crippen molar-refractivity contribution in [2.24, 2.45) is 5.92 Å². The van der Waals surface area contributed by atoms with Gasteiger partial charge >= 0.3 is 5.69 Å². The van der Waals surface area contributed by atoms with E-state index >= 15 is 0 Å². The molecule has 3 N–H and O–H groups in total. The van der Waals surface area contributed by atoms with E-state index in [4.69, 9.17) is 10.5 Å². The minimum atomic E-state index is -0.654. The number of aromatic nitrogens is 2. The van der Waals surface area contributed by atoms with Gasteiger partial charge in [0.15, 0.2) is 5.69 Å². The molecule has 0 unspecified atom stereocenters. The third-order valence-corrected chi connectivity index (χ3v) is 4.91. The second-order valence-corrected chi connectivity index (χ2v) is 7.77. The maximum atomic E-state index is 13.3. The topological polar surface area (TPSA) is 110 Å². The van der Waals surface area contributed by atoms with E-state index in [1.165, 1.54) is 9.47 Å². The van der Waals surface area contributed by atoms with Crippen LogP contribution in [-0.4, -0.2) is 29.1 Å². The molecule has 0 aliphatic heterocycles. The summed E-state index contributed by atoms with van der Waals surface area (Å²) in [6, 6.07) is 7.04. The number of nitrogens with zero attached hydrogens (tertiary/aromatic N) is 2. The van der Waals surface area contributed by atoms with Crippen LogP contribution < -0.4 is 21.9 Å². The predicted molar refractivity (Wildman–Crippen MR) is 119 cm³/mol. The van der Waals surface area contributed by atoms with Crippen LogP contribution in [-0.2, 0) is 17.9 Å². The number of amides is 1. The van der Waals surface area contributed by atoms with Crippen molar-refractivity contribution in [3.63, 3.8) is 0 Å². The smallest absolute Gasteiger partial charge is 0.330 e. The van der Waals surface area contributed by atoms with Crippen molar-refractivity contribution in [1.82, 2.24) is 9.55 Å². The number of aromatic amines is 1. The zero-order chi connectivity index (χ0) is 22.3. The van der Waals surface area contributed by atoms with E-state index in [-0.39, 0.29) is 17.4 Å². The van der Waals surface area contributed by atoms with E-state index < -0.39 is 11.2 Å². The predicted octanol–water partition coefficient (Wildman–Crippen LogP) is 2.76. The van der Waals surface area contributed by atoms with Crippen LogP contribution in [0.25, 0.3) is 0 Å². The third-order valence-electron chi connectivity index (χ3n) is 4.91. The summed E-state index contributed by atoms with van der Waals surface area (Å²) in [5.74, 6) is -0.00139. The Morgan fingerprint density at radius 1 is 1.23 bits per heavy atom. The molecule has 0 aliphatic carbocycles. The number of anilines is 2. The van der Waals surface area contributed by atoms with Crippen molar-refractivity contribution in [2.75, 3.05) is 24.3 Å². The van der Waals surface area contributed by atoms with Gasteiger partial charge in [0.2, 0.25) is 0 Å². The van der Waals surface area contributed by atoms with Gasteiger partial charge in [-0.2, -0.15) is 0 Å². The van der Waals surface area contributed by atoms with Gasteiger partial charge in [-0.15, -0.1) is 0 Å².